The second-order valence-electron chi connectivity index (χ2n) is 6.93. The van der Waals surface area contributed by atoms with E-state index in [0.717, 1.165) is 25.9 Å². The van der Waals surface area contributed by atoms with Crippen LogP contribution in [0.15, 0.2) is 27.4 Å². The highest BCUT2D eigenvalue weighted by Crippen LogP contribution is 2.29. The summed E-state index contributed by atoms with van der Waals surface area (Å²) in [4.78, 5) is 30.3. The van der Waals surface area contributed by atoms with Gasteiger partial charge in [0.15, 0.2) is 5.58 Å². The van der Waals surface area contributed by atoms with Gasteiger partial charge < -0.3 is 30.0 Å². The Kier molecular flexibility index (Phi) is 5.61. The van der Waals surface area contributed by atoms with E-state index in [-0.39, 0.29) is 5.91 Å². The van der Waals surface area contributed by atoms with E-state index in [1.165, 1.54) is 12.4 Å². The summed E-state index contributed by atoms with van der Waals surface area (Å²) in [5.41, 5.74) is 7.39. The molecule has 0 bridgehead atoms. The minimum Gasteiger partial charge on any atom is -0.422 e. The van der Waals surface area contributed by atoms with Crippen molar-refractivity contribution in [3.63, 3.8) is 0 Å². The van der Waals surface area contributed by atoms with Gasteiger partial charge in [-0.05, 0) is 12.8 Å². The first-order valence-electron chi connectivity index (χ1n) is 9.74. The normalized spacial score (nSPS) is 18.2. The summed E-state index contributed by atoms with van der Waals surface area (Å²) in [7, 11) is 1.61. The van der Waals surface area contributed by atoms with Gasteiger partial charge in [-0.2, -0.15) is 4.98 Å². The number of nitrogens with zero attached hydrogens (tertiary/aromatic N) is 5. The van der Waals surface area contributed by atoms with Crippen molar-refractivity contribution in [1.82, 2.24) is 15.3 Å². The number of fused-ring (bicyclic) bond motifs is 1. The van der Waals surface area contributed by atoms with E-state index in [9.17, 15) is 4.79 Å². The number of ether oxygens (including phenoxy) is 1. The number of anilines is 2. The number of morpholine rings is 1. The molecule has 10 nitrogen and oxygen atoms in total. The van der Waals surface area contributed by atoms with Gasteiger partial charge in [0.1, 0.15) is 5.82 Å². The van der Waals surface area contributed by atoms with Gasteiger partial charge in [0.2, 0.25) is 5.65 Å². The molecule has 2 fully saturated rings. The molecule has 0 saturated carbocycles. The fourth-order valence-corrected chi connectivity index (χ4v) is 3.52. The highest BCUT2D eigenvalue weighted by molar-refractivity contribution is 6.04. The molecule has 0 aromatic carbocycles. The summed E-state index contributed by atoms with van der Waals surface area (Å²) < 4.78 is 11.3. The smallest absolute Gasteiger partial charge is 0.300 e. The monoisotopic (exact) mass is 399 g/mol. The lowest BCUT2D eigenvalue weighted by atomic mass is 10.2. The zero-order valence-corrected chi connectivity index (χ0v) is 16.4. The molecule has 4 rings (SSSR count). The molecule has 2 aromatic rings. The molecule has 2 aliphatic rings. The third-order valence-corrected chi connectivity index (χ3v) is 4.99. The molecule has 10 heteroatoms. The Balaban J connectivity index is 1.72. The average Bonchev–Trinajstić information content (AvgIpc) is 3.42. The van der Waals surface area contributed by atoms with Crippen LogP contribution in [0.4, 0.5) is 11.8 Å². The van der Waals surface area contributed by atoms with Crippen LogP contribution in [0.5, 0.6) is 0 Å². The maximum Gasteiger partial charge on any atom is 0.300 e. The first-order valence-corrected chi connectivity index (χ1v) is 9.74. The third kappa shape index (κ3) is 4.02. The van der Waals surface area contributed by atoms with E-state index < -0.39 is 0 Å². The summed E-state index contributed by atoms with van der Waals surface area (Å²) in [6.45, 7) is 4.38. The van der Waals surface area contributed by atoms with E-state index >= 15 is 0 Å². The maximum atomic E-state index is 13.0. The molecule has 0 unspecified atom stereocenters. The van der Waals surface area contributed by atoms with Crippen molar-refractivity contribution < 1.29 is 13.9 Å². The molecule has 0 aliphatic carbocycles. The number of pyridine rings is 1. The number of amides is 1. The fourth-order valence-electron chi connectivity index (χ4n) is 3.52. The molecule has 3 N–H and O–H groups in total. The number of rotatable bonds is 5. The predicted molar refractivity (Wildman–Crippen MR) is 110 cm³/mol. The standard InChI is InChI=1S/C19H25N7O3/c1-21-12-13(11-20)22-18(27)14-10-15-16(23-17(14)25-4-2-3-5-25)24-19(29-15)26-6-8-28-9-7-26/h10-12H,2-9,20H2,1H3,(H,22,27). The van der Waals surface area contributed by atoms with Crippen LogP contribution in [-0.2, 0) is 4.74 Å². The van der Waals surface area contributed by atoms with Gasteiger partial charge in [0.25, 0.3) is 11.9 Å². The van der Waals surface area contributed by atoms with Crippen LogP contribution < -0.4 is 20.9 Å². The number of hydrogen-bond acceptors (Lipinski definition) is 9. The van der Waals surface area contributed by atoms with Gasteiger partial charge in [0.05, 0.1) is 24.5 Å². The second-order valence-corrected chi connectivity index (χ2v) is 6.93. The molecule has 0 atom stereocenters. The molecule has 0 radical (unpaired) electrons. The van der Waals surface area contributed by atoms with E-state index in [1.54, 1.807) is 13.1 Å². The molecule has 4 heterocycles. The van der Waals surface area contributed by atoms with Crippen LogP contribution in [-0.4, -0.2) is 68.5 Å². The topological polar surface area (TPSA) is 122 Å². The number of nitrogens with two attached hydrogens (primary N) is 1. The van der Waals surface area contributed by atoms with Crippen molar-refractivity contribution in [2.75, 3.05) is 56.2 Å². The van der Waals surface area contributed by atoms with Crippen LogP contribution >= 0.6 is 0 Å². The van der Waals surface area contributed by atoms with E-state index in [1.807, 2.05) is 4.90 Å². The van der Waals surface area contributed by atoms with Gasteiger partial charge in [-0.25, -0.2) is 4.98 Å². The average molecular weight is 399 g/mol. The highest BCUT2D eigenvalue weighted by atomic mass is 16.5. The van der Waals surface area contributed by atoms with E-state index in [4.69, 9.17) is 19.9 Å². The quantitative estimate of drug-likeness (QED) is 0.711. The molecule has 2 aromatic heterocycles. The first kappa shape index (κ1) is 19.2. The van der Waals surface area contributed by atoms with Crippen molar-refractivity contribution in [1.29, 1.82) is 0 Å². The van der Waals surface area contributed by atoms with Gasteiger partial charge >= 0.3 is 0 Å². The summed E-state index contributed by atoms with van der Waals surface area (Å²) in [5, 5.41) is 2.77. The Hall–Kier alpha value is -3.14. The highest BCUT2D eigenvalue weighted by Gasteiger charge is 2.25. The number of carbonyl (C=O) groups is 1. The van der Waals surface area contributed by atoms with Crippen molar-refractivity contribution in [2.45, 2.75) is 12.8 Å². The molecule has 154 valence electrons. The number of allylic oxidation sites excluding steroid dienone is 1. The van der Waals surface area contributed by atoms with Crippen molar-refractivity contribution >= 4 is 35.2 Å². The fraction of sp³-hybridized carbons (Fsp3) is 0.474. The maximum absolute atomic E-state index is 13.0. The summed E-state index contributed by atoms with van der Waals surface area (Å²) >= 11 is 0. The summed E-state index contributed by atoms with van der Waals surface area (Å²) in [5.74, 6) is 0.293. The Morgan fingerprint density at radius 1 is 1.21 bits per heavy atom. The summed E-state index contributed by atoms with van der Waals surface area (Å²) in [6.07, 6.45) is 4.92. The van der Waals surface area contributed by atoms with Gasteiger partial charge in [-0.1, -0.05) is 0 Å². The number of aromatic nitrogens is 2. The number of carbonyl (C=O) groups excluding carboxylic acids is 1. The number of nitrogens with one attached hydrogen (secondary N) is 1. The molecule has 0 spiro atoms. The lowest BCUT2D eigenvalue weighted by molar-refractivity contribution is 0.0968. The number of hydrogen-bond donors (Lipinski definition) is 2. The Morgan fingerprint density at radius 3 is 2.66 bits per heavy atom. The molecule has 2 saturated heterocycles. The lowest BCUT2D eigenvalue weighted by Crippen LogP contribution is -2.36. The molecular weight excluding hydrogens is 374 g/mol. The SMILES string of the molecule is CN=CC(=CN)NC(=O)c1cc2oc(N3CCOCC3)nc2nc1N1CCCC1. The second kappa shape index (κ2) is 8.48. The zero-order valence-electron chi connectivity index (χ0n) is 16.4. The Bertz CT molecular complexity index is 941. The van der Waals surface area contributed by atoms with Crippen molar-refractivity contribution in [3.05, 3.63) is 23.5 Å². The minimum absolute atomic E-state index is 0.317. The molecule has 1 amide bonds. The number of oxazole rings is 1. The van der Waals surface area contributed by atoms with Crippen LogP contribution in [0.1, 0.15) is 23.2 Å². The Morgan fingerprint density at radius 2 is 1.97 bits per heavy atom. The first-order chi connectivity index (χ1) is 14.2. The molecular formula is C19H25N7O3. The number of aliphatic imine (C=N–C) groups is 1. The van der Waals surface area contributed by atoms with Crippen molar-refractivity contribution in [3.8, 4) is 0 Å². The van der Waals surface area contributed by atoms with Crippen LogP contribution in [0.2, 0.25) is 0 Å². The summed E-state index contributed by atoms with van der Waals surface area (Å²) in [6, 6.07) is 2.21. The van der Waals surface area contributed by atoms with Gasteiger partial charge in [-0.3, -0.25) is 9.79 Å². The molecule has 2 aliphatic heterocycles. The predicted octanol–water partition coefficient (Wildman–Crippen LogP) is 0.890. The van der Waals surface area contributed by atoms with E-state index in [2.05, 4.69) is 20.2 Å². The van der Waals surface area contributed by atoms with Crippen LogP contribution in [0, 0.1) is 0 Å². The molecule has 29 heavy (non-hydrogen) atoms. The Labute approximate surface area is 168 Å². The van der Waals surface area contributed by atoms with E-state index in [0.29, 0.717) is 60.6 Å². The third-order valence-electron chi connectivity index (χ3n) is 4.99. The van der Waals surface area contributed by atoms with Gasteiger partial charge in [0, 0.05) is 51.7 Å². The minimum atomic E-state index is -0.317. The van der Waals surface area contributed by atoms with Gasteiger partial charge in [-0.15, -0.1) is 0 Å². The largest absolute Gasteiger partial charge is 0.422 e. The van der Waals surface area contributed by atoms with Crippen molar-refractivity contribution in [2.24, 2.45) is 10.7 Å². The van der Waals surface area contributed by atoms with Crippen LogP contribution in [0.3, 0.4) is 0 Å². The lowest BCUT2D eigenvalue weighted by Gasteiger charge is -2.24. The van der Waals surface area contributed by atoms with Crippen LogP contribution in [0.25, 0.3) is 11.2 Å². The zero-order chi connectivity index (χ0) is 20.2.